The summed E-state index contributed by atoms with van der Waals surface area (Å²) in [6, 6.07) is 4.22. The number of carbonyl (C=O) groups excluding carboxylic acids is 1. The van der Waals surface area contributed by atoms with Crippen molar-refractivity contribution in [2.24, 2.45) is 7.05 Å². The van der Waals surface area contributed by atoms with E-state index >= 15 is 0 Å². The van der Waals surface area contributed by atoms with Crippen molar-refractivity contribution in [3.8, 4) is 11.4 Å². The first-order chi connectivity index (χ1) is 12.1. The van der Waals surface area contributed by atoms with Gasteiger partial charge in [-0.2, -0.15) is 0 Å². The number of amides is 1. The van der Waals surface area contributed by atoms with Gasteiger partial charge in [-0.05, 0) is 31.9 Å². The molecule has 0 N–H and O–H groups in total. The summed E-state index contributed by atoms with van der Waals surface area (Å²) in [5.41, 5.74) is 0.919. The van der Waals surface area contributed by atoms with Crippen LogP contribution in [-0.4, -0.2) is 48.9 Å². The minimum absolute atomic E-state index is 0.169. The number of hydrogen-bond donors (Lipinski definition) is 0. The van der Waals surface area contributed by atoms with Gasteiger partial charge in [0, 0.05) is 38.1 Å². The van der Waals surface area contributed by atoms with Crippen molar-refractivity contribution in [3.63, 3.8) is 0 Å². The quantitative estimate of drug-likeness (QED) is 0.768. The summed E-state index contributed by atoms with van der Waals surface area (Å²) in [5.74, 6) is 0.929. The van der Waals surface area contributed by atoms with Crippen LogP contribution in [0.15, 0.2) is 29.7 Å². The lowest BCUT2D eigenvalue weighted by molar-refractivity contribution is -0.131. The van der Waals surface area contributed by atoms with Crippen LogP contribution in [0, 0.1) is 0 Å². The molecule has 1 amide bonds. The van der Waals surface area contributed by atoms with E-state index in [1.807, 2.05) is 42.6 Å². The Balaban J connectivity index is 1.67. The van der Waals surface area contributed by atoms with Gasteiger partial charge in [-0.15, -0.1) is 10.2 Å². The monoisotopic (exact) mass is 359 g/mol. The fourth-order valence-electron chi connectivity index (χ4n) is 3.31. The van der Waals surface area contributed by atoms with Gasteiger partial charge >= 0.3 is 0 Å². The van der Waals surface area contributed by atoms with E-state index in [0.29, 0.717) is 6.04 Å². The van der Waals surface area contributed by atoms with Gasteiger partial charge in [-0.25, -0.2) is 0 Å². The van der Waals surface area contributed by atoms with E-state index in [-0.39, 0.29) is 11.2 Å². The molecule has 0 spiro atoms. The maximum atomic E-state index is 12.8. The van der Waals surface area contributed by atoms with Gasteiger partial charge in [0.2, 0.25) is 5.91 Å². The third-order valence-electron chi connectivity index (χ3n) is 4.85. The van der Waals surface area contributed by atoms with Gasteiger partial charge in [-0.1, -0.05) is 31.0 Å². The molecular weight excluding hydrogens is 334 g/mol. The standard InChI is InChI=1S/C18H25N5OS/c1-13(17(24)22(2)15-9-5-4-6-10-15)25-18-21-20-16(23(18)3)14-8-7-11-19-12-14/h7-8,11-13,15H,4-6,9-10H2,1-3H3. The molecule has 25 heavy (non-hydrogen) atoms. The lowest BCUT2D eigenvalue weighted by Crippen LogP contribution is -2.42. The van der Waals surface area contributed by atoms with Crippen molar-refractivity contribution in [2.45, 2.75) is 55.5 Å². The molecule has 0 saturated heterocycles. The van der Waals surface area contributed by atoms with Crippen LogP contribution in [0.3, 0.4) is 0 Å². The molecule has 1 saturated carbocycles. The topological polar surface area (TPSA) is 63.9 Å². The van der Waals surface area contributed by atoms with E-state index in [9.17, 15) is 4.79 Å². The number of pyridine rings is 1. The van der Waals surface area contributed by atoms with Crippen LogP contribution in [0.25, 0.3) is 11.4 Å². The number of carbonyl (C=O) groups is 1. The summed E-state index contributed by atoms with van der Waals surface area (Å²) in [7, 11) is 3.86. The van der Waals surface area contributed by atoms with Gasteiger partial charge in [0.15, 0.2) is 11.0 Å². The molecule has 1 aliphatic rings. The average Bonchev–Trinajstić information content (AvgIpc) is 3.02. The lowest BCUT2D eigenvalue weighted by Gasteiger charge is -2.32. The van der Waals surface area contributed by atoms with Crippen LogP contribution in [0.5, 0.6) is 0 Å². The first-order valence-electron chi connectivity index (χ1n) is 8.81. The van der Waals surface area contributed by atoms with E-state index in [2.05, 4.69) is 15.2 Å². The van der Waals surface area contributed by atoms with Crippen LogP contribution in [0.2, 0.25) is 0 Å². The van der Waals surface area contributed by atoms with Gasteiger partial charge in [-0.3, -0.25) is 9.78 Å². The third kappa shape index (κ3) is 4.03. The van der Waals surface area contributed by atoms with E-state index < -0.39 is 0 Å². The molecule has 1 fully saturated rings. The summed E-state index contributed by atoms with van der Waals surface area (Å²) in [4.78, 5) is 18.8. The van der Waals surface area contributed by atoms with E-state index in [1.54, 1.807) is 12.4 Å². The molecule has 0 radical (unpaired) electrons. The van der Waals surface area contributed by atoms with Crippen molar-refractivity contribution in [3.05, 3.63) is 24.5 Å². The van der Waals surface area contributed by atoms with Crippen LogP contribution in [-0.2, 0) is 11.8 Å². The van der Waals surface area contributed by atoms with Crippen LogP contribution in [0.1, 0.15) is 39.0 Å². The SMILES string of the molecule is CC(Sc1nnc(-c2cccnc2)n1C)C(=O)N(C)C1CCCCC1. The summed E-state index contributed by atoms with van der Waals surface area (Å²) >= 11 is 1.46. The predicted molar refractivity (Wildman–Crippen MR) is 99.2 cm³/mol. The second kappa shape index (κ2) is 7.99. The summed E-state index contributed by atoms with van der Waals surface area (Å²) in [5, 5.41) is 9.09. The van der Waals surface area contributed by atoms with Gasteiger partial charge in [0.05, 0.1) is 5.25 Å². The Hall–Kier alpha value is -1.89. The normalized spacial score (nSPS) is 16.6. The summed E-state index contributed by atoms with van der Waals surface area (Å²) < 4.78 is 1.92. The third-order valence-corrected chi connectivity index (χ3v) is 5.98. The molecule has 0 bridgehead atoms. The van der Waals surface area contributed by atoms with E-state index in [1.165, 1.54) is 31.0 Å². The maximum absolute atomic E-state index is 12.8. The van der Waals surface area contributed by atoms with Crippen LogP contribution in [0.4, 0.5) is 0 Å². The molecule has 0 aromatic carbocycles. The van der Waals surface area contributed by atoms with E-state index in [4.69, 9.17) is 0 Å². The highest BCUT2D eigenvalue weighted by molar-refractivity contribution is 8.00. The molecule has 2 heterocycles. The Bertz CT molecular complexity index is 712. The predicted octanol–water partition coefficient (Wildman–Crippen LogP) is 3.15. The number of hydrogen-bond acceptors (Lipinski definition) is 5. The molecule has 3 rings (SSSR count). The highest BCUT2D eigenvalue weighted by Crippen LogP contribution is 2.28. The fourth-order valence-corrected chi connectivity index (χ4v) is 4.22. The molecule has 2 aromatic rings. The van der Waals surface area contributed by atoms with Crippen molar-refractivity contribution in [2.75, 3.05) is 7.05 Å². The molecule has 7 heteroatoms. The minimum Gasteiger partial charge on any atom is -0.342 e. The molecule has 1 atom stereocenters. The highest BCUT2D eigenvalue weighted by Gasteiger charge is 2.27. The van der Waals surface area contributed by atoms with E-state index in [0.717, 1.165) is 29.4 Å². The lowest BCUT2D eigenvalue weighted by atomic mass is 9.94. The van der Waals surface area contributed by atoms with Crippen molar-refractivity contribution >= 4 is 17.7 Å². The second-order valence-corrected chi connectivity index (χ2v) is 7.92. The first kappa shape index (κ1) is 17.9. The summed E-state index contributed by atoms with van der Waals surface area (Å²) in [6.45, 7) is 1.95. The van der Waals surface area contributed by atoms with Gasteiger partial charge < -0.3 is 9.47 Å². The molecule has 2 aromatic heterocycles. The number of nitrogens with zero attached hydrogens (tertiary/aromatic N) is 5. The smallest absolute Gasteiger partial charge is 0.235 e. The maximum Gasteiger partial charge on any atom is 0.235 e. The molecule has 1 unspecified atom stereocenters. The Morgan fingerprint density at radius 2 is 2.08 bits per heavy atom. The zero-order valence-corrected chi connectivity index (χ0v) is 15.9. The van der Waals surface area contributed by atoms with Crippen molar-refractivity contribution < 1.29 is 4.79 Å². The Kier molecular flexibility index (Phi) is 5.73. The number of aromatic nitrogens is 4. The Morgan fingerprint density at radius 3 is 2.76 bits per heavy atom. The molecule has 134 valence electrons. The Labute approximate surface area is 153 Å². The van der Waals surface area contributed by atoms with Crippen LogP contribution >= 0.6 is 11.8 Å². The van der Waals surface area contributed by atoms with Gasteiger partial charge in [0.25, 0.3) is 0 Å². The number of thioether (sulfide) groups is 1. The van der Waals surface area contributed by atoms with Crippen molar-refractivity contribution in [1.29, 1.82) is 0 Å². The molecular formula is C18H25N5OS. The Morgan fingerprint density at radius 1 is 1.32 bits per heavy atom. The first-order valence-corrected chi connectivity index (χ1v) is 9.69. The van der Waals surface area contributed by atoms with Crippen molar-refractivity contribution in [1.82, 2.24) is 24.6 Å². The van der Waals surface area contributed by atoms with Gasteiger partial charge in [0.1, 0.15) is 0 Å². The summed E-state index contributed by atoms with van der Waals surface area (Å²) in [6.07, 6.45) is 9.48. The second-order valence-electron chi connectivity index (χ2n) is 6.61. The fraction of sp³-hybridized carbons (Fsp3) is 0.556. The molecule has 1 aliphatic carbocycles. The van der Waals surface area contributed by atoms with Crippen LogP contribution < -0.4 is 0 Å². The highest BCUT2D eigenvalue weighted by atomic mass is 32.2. The zero-order chi connectivity index (χ0) is 17.8. The number of rotatable bonds is 5. The molecule has 0 aliphatic heterocycles. The molecule has 6 nitrogen and oxygen atoms in total. The average molecular weight is 359 g/mol. The minimum atomic E-state index is -0.184. The largest absolute Gasteiger partial charge is 0.342 e. The zero-order valence-electron chi connectivity index (χ0n) is 15.1.